The van der Waals surface area contributed by atoms with Crippen LogP contribution in [0.1, 0.15) is 10.7 Å². The lowest BCUT2D eigenvalue weighted by Crippen LogP contribution is -2.24. The molecule has 130 valence electrons. The van der Waals surface area contributed by atoms with E-state index in [1.807, 2.05) is 35.7 Å². The molecule has 0 spiro atoms. The van der Waals surface area contributed by atoms with Crippen LogP contribution in [0.3, 0.4) is 0 Å². The van der Waals surface area contributed by atoms with Gasteiger partial charge in [-0.25, -0.2) is 9.97 Å². The molecule has 0 aliphatic rings. The molecule has 4 rings (SSSR count). The smallest absolute Gasteiger partial charge is 0.272 e. The molecule has 0 aliphatic heterocycles. The van der Waals surface area contributed by atoms with Crippen molar-refractivity contribution >= 4 is 45.6 Å². The van der Waals surface area contributed by atoms with Crippen LogP contribution in [0.5, 0.6) is 0 Å². The minimum atomic E-state index is -0.136. The predicted octanol–water partition coefficient (Wildman–Crippen LogP) is 5.18. The van der Waals surface area contributed by atoms with Crippen LogP contribution in [0.2, 0.25) is 10.0 Å². The van der Waals surface area contributed by atoms with Crippen molar-refractivity contribution in [2.45, 2.75) is 13.5 Å². The van der Waals surface area contributed by atoms with Crippen molar-refractivity contribution in [3.8, 4) is 11.3 Å². The number of fused-ring (bicyclic) bond motifs is 1. The maximum absolute atomic E-state index is 12.6. The molecule has 0 saturated carbocycles. The first-order valence-corrected chi connectivity index (χ1v) is 9.52. The number of halogens is 2. The Morgan fingerprint density at radius 3 is 2.54 bits per heavy atom. The summed E-state index contributed by atoms with van der Waals surface area (Å²) in [6.07, 6.45) is 0. The van der Waals surface area contributed by atoms with Gasteiger partial charge in [0.2, 0.25) is 0 Å². The average Bonchev–Trinajstić information content (AvgIpc) is 3.09. The lowest BCUT2D eigenvalue weighted by molar-refractivity contribution is 0.771. The monoisotopic (exact) mass is 401 g/mol. The molecular weight excluding hydrogens is 389 g/mol. The van der Waals surface area contributed by atoms with Gasteiger partial charge in [-0.15, -0.1) is 11.3 Å². The first-order chi connectivity index (χ1) is 12.5. The van der Waals surface area contributed by atoms with Gasteiger partial charge >= 0.3 is 0 Å². The fourth-order valence-electron chi connectivity index (χ4n) is 2.77. The molecule has 0 saturated heterocycles. The molecule has 0 amide bonds. The fourth-order valence-corrected chi connectivity index (χ4v) is 3.85. The lowest BCUT2D eigenvalue weighted by Gasteiger charge is -2.10. The van der Waals surface area contributed by atoms with Gasteiger partial charge in [0.05, 0.1) is 23.3 Å². The minimum absolute atomic E-state index is 0.136. The average molecular weight is 402 g/mol. The second kappa shape index (κ2) is 6.83. The highest BCUT2D eigenvalue weighted by Gasteiger charge is 2.12. The Balaban J connectivity index is 1.76. The molecule has 0 bridgehead atoms. The van der Waals surface area contributed by atoms with Gasteiger partial charge in [-0.3, -0.25) is 9.36 Å². The number of benzene rings is 2. The Hall–Kier alpha value is -2.21. The van der Waals surface area contributed by atoms with Crippen LogP contribution in [-0.2, 0) is 6.54 Å². The summed E-state index contributed by atoms with van der Waals surface area (Å²) in [5, 5.41) is 4.07. The second-order valence-corrected chi connectivity index (χ2v) is 7.67. The standard InChI is InChI=1S/C19H13Cl2N3OS/c1-11-19(25)24(17-8-14(21)6-7-15(17)22-11)9-18-23-16(10-26-18)12-2-4-13(20)5-3-12/h2-8,10H,9H2,1H3. The van der Waals surface area contributed by atoms with E-state index in [0.717, 1.165) is 21.8 Å². The number of aryl methyl sites for hydroxylation is 1. The Kier molecular flexibility index (Phi) is 4.53. The summed E-state index contributed by atoms with van der Waals surface area (Å²) in [5.74, 6) is 0. The summed E-state index contributed by atoms with van der Waals surface area (Å²) >= 11 is 13.6. The molecule has 2 heterocycles. The third-order valence-corrected chi connectivity index (χ3v) is 5.38. The van der Waals surface area contributed by atoms with Gasteiger partial charge in [0.15, 0.2) is 0 Å². The summed E-state index contributed by atoms with van der Waals surface area (Å²) in [6, 6.07) is 12.9. The minimum Gasteiger partial charge on any atom is -0.298 e. The van der Waals surface area contributed by atoms with Crippen LogP contribution in [0.4, 0.5) is 0 Å². The topological polar surface area (TPSA) is 47.8 Å². The highest BCUT2D eigenvalue weighted by atomic mass is 35.5. The third kappa shape index (κ3) is 3.26. The van der Waals surface area contributed by atoms with Crippen LogP contribution >= 0.6 is 34.5 Å². The summed E-state index contributed by atoms with van der Waals surface area (Å²) < 4.78 is 1.67. The van der Waals surface area contributed by atoms with Gasteiger partial charge in [0, 0.05) is 21.0 Å². The summed E-state index contributed by atoms with van der Waals surface area (Å²) in [6.45, 7) is 2.09. The van der Waals surface area contributed by atoms with E-state index in [2.05, 4.69) is 9.97 Å². The second-order valence-electron chi connectivity index (χ2n) is 5.85. The number of rotatable bonds is 3. The zero-order valence-electron chi connectivity index (χ0n) is 13.7. The molecule has 4 nitrogen and oxygen atoms in total. The first-order valence-electron chi connectivity index (χ1n) is 7.88. The number of hydrogen-bond acceptors (Lipinski definition) is 4. The number of aromatic nitrogens is 3. The van der Waals surface area contributed by atoms with Crippen LogP contribution < -0.4 is 5.56 Å². The van der Waals surface area contributed by atoms with Crippen molar-refractivity contribution in [1.82, 2.24) is 14.5 Å². The fraction of sp³-hybridized carbons (Fsp3) is 0.105. The number of nitrogens with zero attached hydrogens (tertiary/aromatic N) is 3. The third-order valence-electron chi connectivity index (χ3n) is 4.06. The molecule has 4 aromatic rings. The zero-order chi connectivity index (χ0) is 18.3. The van der Waals surface area contributed by atoms with Crippen molar-refractivity contribution < 1.29 is 0 Å². The van der Waals surface area contributed by atoms with Gasteiger partial charge in [-0.1, -0.05) is 35.3 Å². The van der Waals surface area contributed by atoms with Crippen molar-refractivity contribution in [3.63, 3.8) is 0 Å². The van der Waals surface area contributed by atoms with Gasteiger partial charge in [-0.2, -0.15) is 0 Å². The van der Waals surface area contributed by atoms with Crippen LogP contribution in [0, 0.1) is 6.92 Å². The Morgan fingerprint density at radius 2 is 1.77 bits per heavy atom. The Labute approximate surface area is 163 Å². The lowest BCUT2D eigenvalue weighted by atomic mass is 10.2. The van der Waals surface area contributed by atoms with E-state index < -0.39 is 0 Å². The van der Waals surface area contributed by atoms with Gasteiger partial charge in [-0.05, 0) is 37.3 Å². The van der Waals surface area contributed by atoms with Gasteiger partial charge < -0.3 is 0 Å². The summed E-state index contributed by atoms with van der Waals surface area (Å²) in [5.41, 5.74) is 3.61. The molecule has 0 unspecified atom stereocenters. The molecule has 0 aliphatic carbocycles. The van der Waals surface area contributed by atoms with Gasteiger partial charge in [0.25, 0.3) is 5.56 Å². The molecule has 0 atom stereocenters. The van der Waals surface area contributed by atoms with Crippen LogP contribution in [0.25, 0.3) is 22.3 Å². The van der Waals surface area contributed by atoms with E-state index in [9.17, 15) is 4.79 Å². The molecule has 0 N–H and O–H groups in total. The van der Waals surface area contributed by atoms with Crippen molar-refractivity contribution in [2.24, 2.45) is 0 Å². The molecule has 26 heavy (non-hydrogen) atoms. The largest absolute Gasteiger partial charge is 0.298 e. The number of thiazole rings is 1. The molecule has 0 radical (unpaired) electrons. The highest BCUT2D eigenvalue weighted by molar-refractivity contribution is 7.09. The Morgan fingerprint density at radius 1 is 1.04 bits per heavy atom. The maximum Gasteiger partial charge on any atom is 0.272 e. The zero-order valence-corrected chi connectivity index (χ0v) is 16.1. The van der Waals surface area contributed by atoms with Crippen LogP contribution in [-0.4, -0.2) is 14.5 Å². The summed E-state index contributed by atoms with van der Waals surface area (Å²) in [4.78, 5) is 21.7. The first kappa shape index (κ1) is 17.2. The molecule has 2 aromatic heterocycles. The molecule has 0 fully saturated rings. The molecular formula is C19H13Cl2N3OS. The normalized spacial score (nSPS) is 11.2. The van der Waals surface area contributed by atoms with Gasteiger partial charge in [0.1, 0.15) is 10.7 Å². The molecule has 7 heteroatoms. The van der Waals surface area contributed by atoms with E-state index in [4.69, 9.17) is 23.2 Å². The van der Waals surface area contributed by atoms with E-state index in [-0.39, 0.29) is 5.56 Å². The summed E-state index contributed by atoms with van der Waals surface area (Å²) in [7, 11) is 0. The van der Waals surface area contributed by atoms with Crippen LogP contribution in [0.15, 0.2) is 52.6 Å². The van der Waals surface area contributed by atoms with Crippen molar-refractivity contribution in [2.75, 3.05) is 0 Å². The quantitative estimate of drug-likeness (QED) is 0.474. The number of hydrogen-bond donors (Lipinski definition) is 0. The van der Waals surface area contributed by atoms with E-state index in [0.29, 0.717) is 27.8 Å². The molecule has 2 aromatic carbocycles. The van der Waals surface area contributed by atoms with E-state index in [1.165, 1.54) is 11.3 Å². The predicted molar refractivity (Wildman–Crippen MR) is 107 cm³/mol. The van der Waals surface area contributed by atoms with Crippen molar-refractivity contribution in [1.29, 1.82) is 0 Å². The van der Waals surface area contributed by atoms with E-state index in [1.54, 1.807) is 23.6 Å². The maximum atomic E-state index is 12.6. The Bertz CT molecular complexity index is 1170. The van der Waals surface area contributed by atoms with E-state index >= 15 is 0 Å². The van der Waals surface area contributed by atoms with Crippen molar-refractivity contribution in [3.05, 3.63) is 78.9 Å². The highest BCUT2D eigenvalue weighted by Crippen LogP contribution is 2.25. The SMILES string of the molecule is Cc1nc2ccc(Cl)cc2n(Cc2nc(-c3ccc(Cl)cc3)cs2)c1=O.